The summed E-state index contributed by atoms with van der Waals surface area (Å²) in [6.07, 6.45) is 3.64. The Labute approximate surface area is 147 Å². The zero-order valence-electron chi connectivity index (χ0n) is 14.6. The van der Waals surface area contributed by atoms with Crippen molar-refractivity contribution in [1.82, 2.24) is 14.9 Å². The zero-order chi connectivity index (χ0) is 16.5. The fourth-order valence-corrected chi connectivity index (χ4v) is 5.11. The van der Waals surface area contributed by atoms with Gasteiger partial charge in [0.15, 0.2) is 0 Å². The molecule has 2 aromatic heterocycles. The second-order valence-electron chi connectivity index (χ2n) is 6.94. The lowest BCUT2D eigenvalue weighted by Crippen LogP contribution is -2.36. The highest BCUT2D eigenvalue weighted by atomic mass is 32.1. The van der Waals surface area contributed by atoms with Crippen LogP contribution < -0.4 is 5.32 Å². The molecule has 2 aromatic rings. The molecule has 0 bridgehead atoms. The summed E-state index contributed by atoms with van der Waals surface area (Å²) in [5.74, 6) is 2.76. The van der Waals surface area contributed by atoms with E-state index in [1.54, 1.807) is 0 Å². The van der Waals surface area contributed by atoms with Gasteiger partial charge in [-0.15, -0.1) is 11.3 Å². The number of nitrogens with one attached hydrogen (secondary N) is 1. The largest absolute Gasteiger partial charge is 0.379 e. The number of fused-ring (bicyclic) bond motifs is 3. The molecule has 1 saturated heterocycles. The van der Waals surface area contributed by atoms with Gasteiger partial charge in [0.25, 0.3) is 0 Å². The molecule has 1 aliphatic heterocycles. The molecule has 0 aromatic carbocycles. The molecule has 1 fully saturated rings. The minimum Gasteiger partial charge on any atom is -0.379 e. The van der Waals surface area contributed by atoms with Gasteiger partial charge in [-0.05, 0) is 37.7 Å². The van der Waals surface area contributed by atoms with E-state index in [4.69, 9.17) is 14.7 Å². The average Bonchev–Trinajstić information content (AvgIpc) is 2.93. The van der Waals surface area contributed by atoms with Crippen molar-refractivity contribution in [3.8, 4) is 0 Å². The molecule has 24 heavy (non-hydrogen) atoms. The lowest BCUT2D eigenvalue weighted by Gasteiger charge is -2.25. The minimum atomic E-state index is 0.786. The van der Waals surface area contributed by atoms with Gasteiger partial charge in [-0.25, -0.2) is 9.97 Å². The van der Waals surface area contributed by atoms with Crippen molar-refractivity contribution >= 4 is 27.4 Å². The van der Waals surface area contributed by atoms with Crippen molar-refractivity contribution in [1.29, 1.82) is 0 Å². The van der Waals surface area contributed by atoms with Crippen molar-refractivity contribution in [2.75, 3.05) is 38.2 Å². The maximum absolute atomic E-state index is 5.44. The number of aromatic nitrogens is 2. The molecule has 0 saturated carbocycles. The van der Waals surface area contributed by atoms with Crippen molar-refractivity contribution < 1.29 is 4.74 Å². The van der Waals surface area contributed by atoms with Crippen LogP contribution in [0.25, 0.3) is 10.2 Å². The maximum Gasteiger partial charge on any atom is 0.146 e. The summed E-state index contributed by atoms with van der Waals surface area (Å²) in [4.78, 5) is 14.9. The summed E-state index contributed by atoms with van der Waals surface area (Å²) in [5, 5.41) is 4.77. The van der Waals surface area contributed by atoms with Crippen LogP contribution in [-0.4, -0.2) is 47.7 Å². The zero-order valence-corrected chi connectivity index (χ0v) is 15.4. The third-order valence-corrected chi connectivity index (χ3v) is 6.16. The molecule has 0 unspecified atom stereocenters. The van der Waals surface area contributed by atoms with Crippen molar-refractivity contribution in [2.45, 2.75) is 39.7 Å². The molecule has 130 valence electrons. The van der Waals surface area contributed by atoms with Gasteiger partial charge in [-0.2, -0.15) is 0 Å². The Kier molecular flexibility index (Phi) is 4.70. The van der Waals surface area contributed by atoms with E-state index in [0.717, 1.165) is 57.0 Å². The third-order valence-electron chi connectivity index (χ3n) is 5.01. The molecule has 0 amide bonds. The monoisotopic (exact) mass is 346 g/mol. The summed E-state index contributed by atoms with van der Waals surface area (Å²) in [6.45, 7) is 9.76. The number of hydrogen-bond acceptors (Lipinski definition) is 6. The van der Waals surface area contributed by atoms with Crippen LogP contribution in [0.15, 0.2) is 0 Å². The van der Waals surface area contributed by atoms with Crippen LogP contribution in [-0.2, 0) is 24.1 Å². The number of anilines is 1. The Hall–Kier alpha value is -1.24. The highest BCUT2D eigenvalue weighted by Gasteiger charge is 2.24. The van der Waals surface area contributed by atoms with Gasteiger partial charge < -0.3 is 10.1 Å². The lowest BCUT2D eigenvalue weighted by atomic mass is 9.89. The first-order valence-corrected chi connectivity index (χ1v) is 9.91. The number of ether oxygens (including phenoxy) is 1. The van der Waals surface area contributed by atoms with Gasteiger partial charge in [-0.1, -0.05) is 6.92 Å². The highest BCUT2D eigenvalue weighted by Crippen LogP contribution is 2.40. The SMILES string of the molecule is CCNc1nc(CN2CCOCC2)nc2sc3c(c12)CC[C@@H](C)C3. The fourth-order valence-electron chi connectivity index (χ4n) is 3.71. The Balaban J connectivity index is 1.71. The molecule has 0 radical (unpaired) electrons. The number of aryl methyl sites for hydroxylation is 1. The number of nitrogens with zero attached hydrogens (tertiary/aromatic N) is 3. The predicted molar refractivity (Wildman–Crippen MR) is 98.9 cm³/mol. The number of hydrogen-bond donors (Lipinski definition) is 1. The Morgan fingerprint density at radius 1 is 1.29 bits per heavy atom. The first-order valence-electron chi connectivity index (χ1n) is 9.09. The molecule has 3 heterocycles. The van der Waals surface area contributed by atoms with E-state index in [2.05, 4.69) is 24.1 Å². The van der Waals surface area contributed by atoms with Crippen molar-refractivity contribution in [3.05, 3.63) is 16.3 Å². The van der Waals surface area contributed by atoms with Gasteiger partial charge in [0.2, 0.25) is 0 Å². The van der Waals surface area contributed by atoms with E-state index in [1.165, 1.54) is 39.9 Å². The van der Waals surface area contributed by atoms with Gasteiger partial charge in [0.1, 0.15) is 16.5 Å². The van der Waals surface area contributed by atoms with E-state index >= 15 is 0 Å². The summed E-state index contributed by atoms with van der Waals surface area (Å²) < 4.78 is 5.44. The molecule has 1 atom stereocenters. The molecule has 1 N–H and O–H groups in total. The summed E-state index contributed by atoms with van der Waals surface area (Å²) >= 11 is 1.89. The first-order chi connectivity index (χ1) is 11.7. The van der Waals surface area contributed by atoms with Crippen LogP contribution in [0.1, 0.15) is 36.5 Å². The van der Waals surface area contributed by atoms with Crippen LogP contribution >= 0.6 is 11.3 Å². The maximum atomic E-state index is 5.44. The van der Waals surface area contributed by atoms with E-state index in [0.29, 0.717) is 0 Å². The highest BCUT2D eigenvalue weighted by molar-refractivity contribution is 7.19. The molecule has 0 spiro atoms. The third kappa shape index (κ3) is 3.15. The van der Waals surface area contributed by atoms with Crippen molar-refractivity contribution in [2.24, 2.45) is 5.92 Å². The topological polar surface area (TPSA) is 50.3 Å². The Bertz CT molecular complexity index is 723. The Morgan fingerprint density at radius 2 is 2.12 bits per heavy atom. The summed E-state index contributed by atoms with van der Waals surface area (Å²) in [7, 11) is 0. The van der Waals surface area contributed by atoms with Crippen LogP contribution in [0.2, 0.25) is 0 Å². The number of thiophene rings is 1. The quantitative estimate of drug-likeness (QED) is 0.922. The standard InChI is InChI=1S/C18H26N4OS/c1-3-19-17-16-13-5-4-12(2)10-14(13)24-18(16)21-15(20-17)11-22-6-8-23-9-7-22/h12H,3-11H2,1-2H3,(H,19,20,21)/t12-/m1/s1. The van der Waals surface area contributed by atoms with Gasteiger partial charge in [-0.3, -0.25) is 4.90 Å². The smallest absolute Gasteiger partial charge is 0.146 e. The summed E-state index contributed by atoms with van der Waals surface area (Å²) in [6, 6.07) is 0. The Morgan fingerprint density at radius 3 is 2.92 bits per heavy atom. The van der Waals surface area contributed by atoms with Crippen LogP contribution in [0, 0.1) is 5.92 Å². The molecule has 2 aliphatic rings. The van der Waals surface area contributed by atoms with Gasteiger partial charge in [0.05, 0.1) is 25.1 Å². The summed E-state index contributed by atoms with van der Waals surface area (Å²) in [5.41, 5.74) is 1.50. The minimum absolute atomic E-state index is 0.786. The van der Waals surface area contributed by atoms with E-state index < -0.39 is 0 Å². The van der Waals surface area contributed by atoms with Gasteiger partial charge in [0, 0.05) is 24.5 Å². The second-order valence-corrected chi connectivity index (χ2v) is 8.02. The van der Waals surface area contributed by atoms with Crippen LogP contribution in [0.5, 0.6) is 0 Å². The lowest BCUT2D eigenvalue weighted by molar-refractivity contribution is 0.0331. The molecule has 5 nitrogen and oxygen atoms in total. The average molecular weight is 347 g/mol. The molecular weight excluding hydrogens is 320 g/mol. The number of rotatable bonds is 4. The first kappa shape index (κ1) is 16.2. The van der Waals surface area contributed by atoms with Crippen LogP contribution in [0.3, 0.4) is 0 Å². The van der Waals surface area contributed by atoms with Crippen LogP contribution in [0.4, 0.5) is 5.82 Å². The predicted octanol–water partition coefficient (Wildman–Crippen LogP) is 3.08. The normalized spacial score (nSPS) is 21.8. The molecule has 6 heteroatoms. The fraction of sp³-hybridized carbons (Fsp3) is 0.667. The molecule has 4 rings (SSSR count). The molecular formula is C18H26N4OS. The van der Waals surface area contributed by atoms with E-state index in [1.807, 2.05) is 11.3 Å². The molecule has 1 aliphatic carbocycles. The second kappa shape index (κ2) is 6.94. The van der Waals surface area contributed by atoms with E-state index in [-0.39, 0.29) is 0 Å². The number of morpholine rings is 1. The van der Waals surface area contributed by atoms with E-state index in [9.17, 15) is 0 Å². The van der Waals surface area contributed by atoms with Crippen molar-refractivity contribution in [3.63, 3.8) is 0 Å². The van der Waals surface area contributed by atoms with Gasteiger partial charge >= 0.3 is 0 Å².